The molecule has 1 saturated carbocycles. The number of nitro groups is 1. The number of non-ortho nitro benzene ring substituents is 1. The van der Waals surface area contributed by atoms with Gasteiger partial charge in [0.1, 0.15) is 0 Å². The van der Waals surface area contributed by atoms with Crippen molar-refractivity contribution < 1.29 is 19.2 Å². The molecule has 1 fully saturated rings. The van der Waals surface area contributed by atoms with Crippen molar-refractivity contribution in [3.05, 3.63) is 39.9 Å². The Kier molecular flexibility index (Phi) is 5.89. The Balaban J connectivity index is 1.86. The van der Waals surface area contributed by atoms with Crippen LogP contribution in [0.1, 0.15) is 43.5 Å². The third-order valence-electron chi connectivity index (χ3n) is 4.68. The molecule has 0 saturated heterocycles. The number of esters is 1. The summed E-state index contributed by atoms with van der Waals surface area (Å²) in [6.07, 6.45) is 3.16. The number of ether oxygens (including phenoxy) is 1. The summed E-state index contributed by atoms with van der Waals surface area (Å²) in [5.41, 5.74) is -0.143. The molecule has 7 nitrogen and oxygen atoms in total. The molecule has 0 radical (unpaired) electrons. The van der Waals surface area contributed by atoms with Crippen molar-refractivity contribution in [2.75, 3.05) is 6.61 Å². The fourth-order valence-corrected chi connectivity index (χ4v) is 3.00. The summed E-state index contributed by atoms with van der Waals surface area (Å²) in [4.78, 5) is 34.0. The van der Waals surface area contributed by atoms with Crippen LogP contribution < -0.4 is 5.32 Å². The summed E-state index contributed by atoms with van der Waals surface area (Å²) < 4.78 is 4.95. The number of carbonyl (C=O) groups is 2. The molecule has 1 aromatic rings. The number of hydrogen-bond donors (Lipinski definition) is 1. The van der Waals surface area contributed by atoms with E-state index < -0.39 is 10.9 Å². The van der Waals surface area contributed by atoms with Gasteiger partial charge in [0.15, 0.2) is 6.61 Å². The highest BCUT2D eigenvalue weighted by atomic mass is 16.6. The standard InChI is InChI=1S/C17H22N2O5/c1-11-5-3-8-15(12(11)2)18-16(20)10-24-17(21)13-6-4-7-14(9-13)19(22)23/h4,6-7,9,11-12,15H,3,5,8,10H2,1-2H3,(H,18,20)/t11-,12+,15+/m1/s1. The van der Waals surface area contributed by atoms with Gasteiger partial charge in [0.05, 0.1) is 10.5 Å². The zero-order valence-corrected chi connectivity index (χ0v) is 13.9. The van der Waals surface area contributed by atoms with E-state index in [0.29, 0.717) is 11.8 Å². The Bertz CT molecular complexity index is 631. The highest BCUT2D eigenvalue weighted by Gasteiger charge is 2.28. The van der Waals surface area contributed by atoms with Gasteiger partial charge in [-0.15, -0.1) is 0 Å². The molecule has 1 amide bonds. The second kappa shape index (κ2) is 7.90. The monoisotopic (exact) mass is 334 g/mol. The van der Waals surface area contributed by atoms with Crippen LogP contribution in [0.3, 0.4) is 0 Å². The number of amides is 1. The summed E-state index contributed by atoms with van der Waals surface area (Å²) >= 11 is 0. The van der Waals surface area contributed by atoms with Crippen LogP contribution in [0.25, 0.3) is 0 Å². The number of nitrogens with one attached hydrogen (secondary N) is 1. The first-order chi connectivity index (χ1) is 11.4. The number of hydrogen-bond acceptors (Lipinski definition) is 5. The van der Waals surface area contributed by atoms with E-state index in [4.69, 9.17) is 4.74 Å². The molecule has 1 aliphatic carbocycles. The molecule has 0 aliphatic heterocycles. The highest BCUT2D eigenvalue weighted by molar-refractivity contribution is 5.91. The van der Waals surface area contributed by atoms with Crippen LogP contribution in [0.15, 0.2) is 24.3 Å². The van der Waals surface area contributed by atoms with E-state index in [1.54, 1.807) is 0 Å². The molecular weight excluding hydrogens is 312 g/mol. The van der Waals surface area contributed by atoms with E-state index >= 15 is 0 Å². The van der Waals surface area contributed by atoms with Gasteiger partial charge in [-0.3, -0.25) is 14.9 Å². The smallest absolute Gasteiger partial charge is 0.338 e. The summed E-state index contributed by atoms with van der Waals surface area (Å²) in [7, 11) is 0. The molecule has 3 atom stereocenters. The predicted octanol–water partition coefficient (Wildman–Crippen LogP) is 2.69. The number of nitro benzene ring substituents is 1. The molecule has 0 aromatic heterocycles. The van der Waals surface area contributed by atoms with E-state index in [9.17, 15) is 19.7 Å². The van der Waals surface area contributed by atoms with Crippen molar-refractivity contribution in [2.24, 2.45) is 11.8 Å². The van der Waals surface area contributed by atoms with Gasteiger partial charge >= 0.3 is 5.97 Å². The molecule has 1 aromatic carbocycles. The molecule has 130 valence electrons. The van der Waals surface area contributed by atoms with Crippen molar-refractivity contribution in [3.63, 3.8) is 0 Å². The average Bonchev–Trinajstić information content (AvgIpc) is 2.57. The van der Waals surface area contributed by atoms with Crippen molar-refractivity contribution in [3.8, 4) is 0 Å². The van der Waals surface area contributed by atoms with Crippen molar-refractivity contribution >= 4 is 17.6 Å². The van der Waals surface area contributed by atoms with Gasteiger partial charge in [0, 0.05) is 18.2 Å². The molecule has 1 aliphatic rings. The van der Waals surface area contributed by atoms with Gasteiger partial charge in [-0.2, -0.15) is 0 Å². The lowest BCUT2D eigenvalue weighted by Crippen LogP contribution is -2.45. The third-order valence-corrected chi connectivity index (χ3v) is 4.68. The fourth-order valence-electron chi connectivity index (χ4n) is 3.00. The van der Waals surface area contributed by atoms with Crippen molar-refractivity contribution in [1.29, 1.82) is 0 Å². The maximum absolute atomic E-state index is 12.0. The molecule has 7 heteroatoms. The molecule has 0 heterocycles. The topological polar surface area (TPSA) is 98.5 Å². The Hall–Kier alpha value is -2.44. The lowest BCUT2D eigenvalue weighted by Gasteiger charge is -2.34. The summed E-state index contributed by atoms with van der Waals surface area (Å²) in [6.45, 7) is 3.90. The zero-order valence-electron chi connectivity index (χ0n) is 13.9. The molecule has 24 heavy (non-hydrogen) atoms. The van der Waals surface area contributed by atoms with Crippen LogP contribution in [0.2, 0.25) is 0 Å². The molecule has 0 bridgehead atoms. The summed E-state index contributed by atoms with van der Waals surface area (Å²) in [5.74, 6) is -0.162. The Labute approximate surface area is 140 Å². The summed E-state index contributed by atoms with van der Waals surface area (Å²) in [6, 6.07) is 5.33. The normalized spacial score (nSPS) is 23.3. The van der Waals surface area contributed by atoms with Crippen LogP contribution >= 0.6 is 0 Å². The van der Waals surface area contributed by atoms with E-state index in [1.807, 2.05) is 0 Å². The minimum absolute atomic E-state index is 0.0525. The van der Waals surface area contributed by atoms with Crippen LogP contribution in [-0.4, -0.2) is 29.4 Å². The quantitative estimate of drug-likeness (QED) is 0.507. The molecule has 1 N–H and O–H groups in total. The Morgan fingerprint density at radius 2 is 2.08 bits per heavy atom. The maximum Gasteiger partial charge on any atom is 0.338 e. The fraction of sp³-hybridized carbons (Fsp3) is 0.529. The van der Waals surface area contributed by atoms with E-state index in [-0.39, 0.29) is 29.8 Å². The average molecular weight is 334 g/mol. The zero-order chi connectivity index (χ0) is 17.7. The van der Waals surface area contributed by atoms with Gasteiger partial charge < -0.3 is 10.1 Å². The first-order valence-electron chi connectivity index (χ1n) is 8.09. The lowest BCUT2D eigenvalue weighted by atomic mass is 9.78. The predicted molar refractivity (Wildman–Crippen MR) is 87.5 cm³/mol. The second-order valence-corrected chi connectivity index (χ2v) is 6.32. The minimum atomic E-state index is -0.751. The maximum atomic E-state index is 12.0. The SMILES string of the molecule is C[C@H]1[C@H](C)CCC[C@@H]1NC(=O)COC(=O)c1cccc([N+](=O)[O-])c1. The van der Waals surface area contributed by atoms with Crippen LogP contribution in [0.4, 0.5) is 5.69 Å². The van der Waals surface area contributed by atoms with Gasteiger partial charge in [-0.05, 0) is 24.3 Å². The van der Waals surface area contributed by atoms with Crippen LogP contribution in [0.5, 0.6) is 0 Å². The van der Waals surface area contributed by atoms with Gasteiger partial charge in [-0.1, -0.05) is 32.8 Å². The van der Waals surface area contributed by atoms with Gasteiger partial charge in [-0.25, -0.2) is 4.79 Å². The highest BCUT2D eigenvalue weighted by Crippen LogP contribution is 2.29. The molecule has 0 spiro atoms. The minimum Gasteiger partial charge on any atom is -0.452 e. The van der Waals surface area contributed by atoms with Crippen LogP contribution in [0, 0.1) is 22.0 Å². The van der Waals surface area contributed by atoms with E-state index in [2.05, 4.69) is 19.2 Å². The van der Waals surface area contributed by atoms with E-state index in [0.717, 1.165) is 25.3 Å². The first kappa shape index (κ1) is 17.9. The molecule has 2 rings (SSSR count). The van der Waals surface area contributed by atoms with Gasteiger partial charge in [0.25, 0.3) is 11.6 Å². The first-order valence-corrected chi connectivity index (χ1v) is 8.09. The number of rotatable bonds is 5. The number of benzene rings is 1. The summed E-state index contributed by atoms with van der Waals surface area (Å²) in [5, 5.41) is 13.6. The van der Waals surface area contributed by atoms with Crippen molar-refractivity contribution in [1.82, 2.24) is 5.32 Å². The largest absolute Gasteiger partial charge is 0.452 e. The van der Waals surface area contributed by atoms with Crippen molar-refractivity contribution in [2.45, 2.75) is 39.2 Å². The molecule has 0 unspecified atom stereocenters. The Morgan fingerprint density at radius 1 is 1.33 bits per heavy atom. The van der Waals surface area contributed by atoms with E-state index in [1.165, 1.54) is 18.2 Å². The Morgan fingerprint density at radius 3 is 2.79 bits per heavy atom. The number of nitrogens with zero attached hydrogens (tertiary/aromatic N) is 1. The third kappa shape index (κ3) is 4.53. The lowest BCUT2D eigenvalue weighted by molar-refractivity contribution is -0.384. The van der Waals surface area contributed by atoms with Gasteiger partial charge in [0.2, 0.25) is 0 Å². The number of carbonyl (C=O) groups excluding carboxylic acids is 2. The molecular formula is C17H22N2O5. The second-order valence-electron chi connectivity index (χ2n) is 6.32. The van der Waals surface area contributed by atoms with Crippen LogP contribution in [-0.2, 0) is 9.53 Å².